The molecule has 5 heteroatoms. The Labute approximate surface area is 104 Å². The zero-order chi connectivity index (χ0) is 13.8. The number of benzene rings is 1. The topological polar surface area (TPSA) is 26.3 Å². The van der Waals surface area contributed by atoms with Crippen LogP contribution in [0.1, 0.15) is 36.2 Å². The molecule has 1 rings (SSSR count). The summed E-state index contributed by atoms with van der Waals surface area (Å²) in [5.74, 6) is -0.598. The lowest BCUT2D eigenvalue weighted by Gasteiger charge is -2.12. The van der Waals surface area contributed by atoms with Crippen molar-refractivity contribution in [2.24, 2.45) is 5.92 Å². The van der Waals surface area contributed by atoms with E-state index in [2.05, 4.69) is 0 Å². The van der Waals surface area contributed by atoms with Crippen molar-refractivity contribution in [3.05, 3.63) is 35.4 Å². The van der Waals surface area contributed by atoms with Crippen LogP contribution in [0.3, 0.4) is 0 Å². The fraction of sp³-hybridized carbons (Fsp3) is 0.462. The van der Waals surface area contributed by atoms with Crippen molar-refractivity contribution in [2.45, 2.75) is 26.4 Å². The first-order chi connectivity index (χ1) is 8.32. The summed E-state index contributed by atoms with van der Waals surface area (Å²) in [5.41, 5.74) is -1.40. The molecule has 0 radical (unpaired) electrons. The molecule has 0 N–H and O–H groups in total. The number of carbonyl (C=O) groups is 1. The van der Waals surface area contributed by atoms with Crippen molar-refractivity contribution in [2.75, 3.05) is 6.61 Å². The first kappa shape index (κ1) is 14.5. The summed E-state index contributed by atoms with van der Waals surface area (Å²) in [6.45, 7) is 4.01. The summed E-state index contributed by atoms with van der Waals surface area (Å²) >= 11 is 0. The molecule has 100 valence electrons. The maximum Gasteiger partial charge on any atom is 0.417 e. The van der Waals surface area contributed by atoms with Gasteiger partial charge < -0.3 is 4.74 Å². The van der Waals surface area contributed by atoms with Gasteiger partial charge in [-0.25, -0.2) is 4.79 Å². The van der Waals surface area contributed by atoms with Crippen LogP contribution in [0.4, 0.5) is 13.2 Å². The number of ether oxygens (including phenoxy) is 1. The average Bonchev–Trinajstić information content (AvgIpc) is 2.27. The van der Waals surface area contributed by atoms with E-state index >= 15 is 0 Å². The van der Waals surface area contributed by atoms with Gasteiger partial charge in [-0.05, 0) is 24.5 Å². The molecule has 0 bridgehead atoms. The van der Waals surface area contributed by atoms with Gasteiger partial charge in [0, 0.05) is 0 Å². The fourth-order valence-electron chi connectivity index (χ4n) is 1.37. The molecule has 0 aliphatic rings. The lowest BCUT2D eigenvalue weighted by Crippen LogP contribution is -2.15. The number of halogens is 3. The molecule has 2 nitrogen and oxygen atoms in total. The third kappa shape index (κ3) is 4.05. The van der Waals surface area contributed by atoms with E-state index in [1.807, 2.05) is 13.8 Å². The molecule has 0 aromatic heterocycles. The Morgan fingerprint density at radius 2 is 1.89 bits per heavy atom. The Bertz CT molecular complexity index is 411. The van der Waals surface area contributed by atoms with Crippen LogP contribution in [0.2, 0.25) is 0 Å². The average molecular weight is 260 g/mol. The molecule has 0 amide bonds. The molecular formula is C13H15F3O2. The molecule has 0 spiro atoms. The number of hydrogen-bond donors (Lipinski definition) is 0. The Morgan fingerprint density at radius 3 is 2.44 bits per heavy atom. The highest BCUT2D eigenvalue weighted by atomic mass is 19.4. The molecule has 1 aromatic carbocycles. The Balaban J connectivity index is 2.80. The summed E-state index contributed by atoms with van der Waals surface area (Å²) in [4.78, 5) is 11.6. The van der Waals surface area contributed by atoms with Gasteiger partial charge in [-0.3, -0.25) is 0 Å². The van der Waals surface area contributed by atoms with Crippen LogP contribution < -0.4 is 0 Å². The Kier molecular flexibility index (Phi) is 4.76. The summed E-state index contributed by atoms with van der Waals surface area (Å²) in [6.07, 6.45) is -3.92. The van der Waals surface area contributed by atoms with Crippen LogP contribution in [-0.2, 0) is 10.9 Å². The van der Waals surface area contributed by atoms with E-state index in [1.54, 1.807) is 0 Å². The molecule has 0 unspecified atom stereocenters. The van der Waals surface area contributed by atoms with Gasteiger partial charge in [-0.15, -0.1) is 0 Å². The third-order valence-corrected chi connectivity index (χ3v) is 2.38. The number of carbonyl (C=O) groups excluding carboxylic acids is 1. The van der Waals surface area contributed by atoms with Crippen LogP contribution in [0, 0.1) is 5.92 Å². The molecule has 0 heterocycles. The van der Waals surface area contributed by atoms with Gasteiger partial charge in [0.15, 0.2) is 0 Å². The zero-order valence-electron chi connectivity index (χ0n) is 10.3. The van der Waals surface area contributed by atoms with Crippen molar-refractivity contribution >= 4 is 5.97 Å². The minimum Gasteiger partial charge on any atom is -0.462 e. The predicted molar refractivity (Wildman–Crippen MR) is 61.2 cm³/mol. The predicted octanol–water partition coefficient (Wildman–Crippen LogP) is 3.91. The van der Waals surface area contributed by atoms with Gasteiger partial charge in [0.2, 0.25) is 0 Å². The van der Waals surface area contributed by atoms with Gasteiger partial charge in [0.25, 0.3) is 0 Å². The highest BCUT2D eigenvalue weighted by Gasteiger charge is 2.35. The highest BCUT2D eigenvalue weighted by molar-refractivity contribution is 5.91. The molecular weight excluding hydrogens is 245 g/mol. The summed E-state index contributed by atoms with van der Waals surface area (Å²) in [7, 11) is 0. The van der Waals surface area contributed by atoms with E-state index in [4.69, 9.17) is 4.74 Å². The first-order valence-electron chi connectivity index (χ1n) is 5.65. The van der Waals surface area contributed by atoms with E-state index in [0.29, 0.717) is 12.3 Å². The maximum atomic E-state index is 12.7. The number of esters is 1. The smallest absolute Gasteiger partial charge is 0.417 e. The van der Waals surface area contributed by atoms with Gasteiger partial charge in [0.1, 0.15) is 0 Å². The van der Waals surface area contributed by atoms with Crippen molar-refractivity contribution in [1.29, 1.82) is 0 Å². The minimum atomic E-state index is -4.55. The normalized spacial score (nSPS) is 11.7. The van der Waals surface area contributed by atoms with E-state index < -0.39 is 23.3 Å². The van der Waals surface area contributed by atoms with Crippen LogP contribution in [0.5, 0.6) is 0 Å². The van der Waals surface area contributed by atoms with Crippen LogP contribution in [0.25, 0.3) is 0 Å². The zero-order valence-corrected chi connectivity index (χ0v) is 10.3. The van der Waals surface area contributed by atoms with E-state index in [-0.39, 0.29) is 6.61 Å². The van der Waals surface area contributed by atoms with Crippen LogP contribution >= 0.6 is 0 Å². The van der Waals surface area contributed by atoms with Crippen LogP contribution in [0.15, 0.2) is 24.3 Å². The van der Waals surface area contributed by atoms with Crippen molar-refractivity contribution in [1.82, 2.24) is 0 Å². The number of rotatable bonds is 4. The van der Waals surface area contributed by atoms with E-state index in [1.165, 1.54) is 12.1 Å². The van der Waals surface area contributed by atoms with Gasteiger partial charge in [-0.1, -0.05) is 26.0 Å². The van der Waals surface area contributed by atoms with Gasteiger partial charge in [0.05, 0.1) is 17.7 Å². The molecule has 0 saturated heterocycles. The van der Waals surface area contributed by atoms with Crippen molar-refractivity contribution in [3.8, 4) is 0 Å². The monoisotopic (exact) mass is 260 g/mol. The standard InChI is InChI=1S/C13H15F3O2/c1-9(2)7-8-18-12(17)10-5-3-4-6-11(10)13(14,15)16/h3-6,9H,7-8H2,1-2H3. The number of alkyl halides is 3. The first-order valence-corrected chi connectivity index (χ1v) is 5.65. The molecule has 1 aromatic rings. The quantitative estimate of drug-likeness (QED) is 0.767. The maximum absolute atomic E-state index is 12.7. The second kappa shape index (κ2) is 5.89. The molecule has 0 aliphatic heterocycles. The SMILES string of the molecule is CC(C)CCOC(=O)c1ccccc1C(F)(F)F. The summed E-state index contributed by atoms with van der Waals surface area (Å²) in [5, 5.41) is 0. The second-order valence-electron chi connectivity index (χ2n) is 4.36. The van der Waals surface area contributed by atoms with Crippen molar-refractivity contribution < 1.29 is 22.7 Å². The van der Waals surface area contributed by atoms with Crippen molar-refractivity contribution in [3.63, 3.8) is 0 Å². The second-order valence-corrected chi connectivity index (χ2v) is 4.36. The van der Waals surface area contributed by atoms with Gasteiger partial charge in [-0.2, -0.15) is 13.2 Å². The molecule has 0 atom stereocenters. The largest absolute Gasteiger partial charge is 0.462 e. The molecule has 18 heavy (non-hydrogen) atoms. The van der Waals surface area contributed by atoms with Gasteiger partial charge >= 0.3 is 12.1 Å². The summed E-state index contributed by atoms with van der Waals surface area (Å²) in [6, 6.07) is 4.63. The Morgan fingerprint density at radius 1 is 1.28 bits per heavy atom. The highest BCUT2D eigenvalue weighted by Crippen LogP contribution is 2.32. The molecule has 0 saturated carbocycles. The van der Waals surface area contributed by atoms with E-state index in [0.717, 1.165) is 12.1 Å². The third-order valence-electron chi connectivity index (χ3n) is 2.38. The summed E-state index contributed by atoms with van der Waals surface area (Å²) < 4.78 is 42.8. The van der Waals surface area contributed by atoms with Crippen LogP contribution in [-0.4, -0.2) is 12.6 Å². The molecule has 0 fully saturated rings. The van der Waals surface area contributed by atoms with E-state index in [9.17, 15) is 18.0 Å². The lowest BCUT2D eigenvalue weighted by molar-refractivity contribution is -0.138. The Hall–Kier alpha value is -1.52. The fourth-order valence-corrected chi connectivity index (χ4v) is 1.37. The lowest BCUT2D eigenvalue weighted by atomic mass is 10.1. The number of hydrogen-bond acceptors (Lipinski definition) is 2. The molecule has 0 aliphatic carbocycles. The minimum absolute atomic E-state index is 0.128.